The van der Waals surface area contributed by atoms with E-state index in [1.165, 1.54) is 11.8 Å². The Balaban J connectivity index is 2.69. The molecular weight excluding hydrogens is 218 g/mol. The van der Waals surface area contributed by atoms with E-state index in [4.69, 9.17) is 0 Å². The molecule has 2 N–H and O–H groups in total. The molecule has 4 heteroatoms. The minimum Gasteiger partial charge on any atom is -0.390 e. The maximum atomic E-state index is 11.8. The van der Waals surface area contributed by atoms with Crippen LogP contribution in [0.4, 0.5) is 0 Å². The molecule has 1 aromatic rings. The lowest BCUT2D eigenvalue weighted by atomic mass is 10.1. The number of amides is 1. The fraction of sp³-hybridized carbons (Fsp3) is 0.462. The van der Waals surface area contributed by atoms with Gasteiger partial charge in [0.2, 0.25) is 0 Å². The number of benzene rings is 1. The van der Waals surface area contributed by atoms with Crippen LogP contribution in [-0.2, 0) is 11.3 Å². The zero-order valence-electron chi connectivity index (χ0n) is 10.2. The molecule has 2 unspecified atom stereocenters. The van der Waals surface area contributed by atoms with Crippen LogP contribution in [-0.4, -0.2) is 39.8 Å². The van der Waals surface area contributed by atoms with Crippen LogP contribution in [0.1, 0.15) is 19.4 Å². The van der Waals surface area contributed by atoms with Gasteiger partial charge in [0.05, 0.1) is 6.10 Å². The molecule has 0 saturated carbocycles. The van der Waals surface area contributed by atoms with Crippen molar-refractivity contribution in [2.45, 2.75) is 32.6 Å². The van der Waals surface area contributed by atoms with Gasteiger partial charge < -0.3 is 15.1 Å². The highest BCUT2D eigenvalue weighted by atomic mass is 16.3. The first-order valence-corrected chi connectivity index (χ1v) is 5.75. The standard InChI is InChI=1S/C13H19NO3/c1-3-14(13(17)12(16)10(2)15)9-11-7-5-4-6-8-11/h4-8,10,12,15-16H,3,9H2,1-2H3. The summed E-state index contributed by atoms with van der Waals surface area (Å²) >= 11 is 0. The molecule has 0 aliphatic rings. The molecular formula is C13H19NO3. The van der Waals surface area contributed by atoms with Crippen molar-refractivity contribution in [3.63, 3.8) is 0 Å². The second-order valence-corrected chi connectivity index (χ2v) is 4.02. The molecule has 17 heavy (non-hydrogen) atoms. The Hall–Kier alpha value is -1.39. The van der Waals surface area contributed by atoms with Crippen molar-refractivity contribution in [1.82, 2.24) is 4.90 Å². The number of rotatable bonds is 5. The molecule has 1 aromatic carbocycles. The Kier molecular flexibility index (Phi) is 5.12. The van der Waals surface area contributed by atoms with Crippen molar-refractivity contribution >= 4 is 5.91 Å². The summed E-state index contributed by atoms with van der Waals surface area (Å²) in [4.78, 5) is 13.4. The molecule has 0 aromatic heterocycles. The molecule has 0 bridgehead atoms. The fourth-order valence-corrected chi connectivity index (χ4v) is 1.54. The predicted octanol–water partition coefficient (Wildman–Crippen LogP) is 0.777. The van der Waals surface area contributed by atoms with E-state index >= 15 is 0 Å². The number of aliphatic hydroxyl groups excluding tert-OH is 2. The van der Waals surface area contributed by atoms with Gasteiger partial charge in [0.1, 0.15) is 0 Å². The largest absolute Gasteiger partial charge is 0.390 e. The van der Waals surface area contributed by atoms with Gasteiger partial charge in [-0.2, -0.15) is 0 Å². The number of aliphatic hydroxyl groups is 2. The van der Waals surface area contributed by atoms with Crippen molar-refractivity contribution in [3.05, 3.63) is 35.9 Å². The third kappa shape index (κ3) is 3.84. The average Bonchev–Trinajstić information content (AvgIpc) is 2.35. The van der Waals surface area contributed by atoms with Gasteiger partial charge in [0.25, 0.3) is 5.91 Å². The monoisotopic (exact) mass is 237 g/mol. The highest BCUT2D eigenvalue weighted by Gasteiger charge is 2.25. The van der Waals surface area contributed by atoms with E-state index in [0.717, 1.165) is 5.56 Å². The number of carbonyl (C=O) groups is 1. The summed E-state index contributed by atoms with van der Waals surface area (Å²) < 4.78 is 0. The number of carbonyl (C=O) groups excluding carboxylic acids is 1. The third-order valence-electron chi connectivity index (χ3n) is 2.62. The van der Waals surface area contributed by atoms with Crippen LogP contribution in [0.25, 0.3) is 0 Å². The van der Waals surface area contributed by atoms with Gasteiger partial charge in [-0.1, -0.05) is 30.3 Å². The Morgan fingerprint density at radius 1 is 1.29 bits per heavy atom. The maximum absolute atomic E-state index is 11.8. The van der Waals surface area contributed by atoms with E-state index in [-0.39, 0.29) is 0 Å². The average molecular weight is 237 g/mol. The number of hydrogen-bond acceptors (Lipinski definition) is 3. The third-order valence-corrected chi connectivity index (χ3v) is 2.62. The minimum absolute atomic E-state index is 0.439. The highest BCUT2D eigenvalue weighted by molar-refractivity contribution is 5.81. The van der Waals surface area contributed by atoms with Crippen molar-refractivity contribution < 1.29 is 15.0 Å². The second kappa shape index (κ2) is 6.37. The molecule has 0 saturated heterocycles. The summed E-state index contributed by atoms with van der Waals surface area (Å²) in [7, 11) is 0. The second-order valence-electron chi connectivity index (χ2n) is 4.02. The zero-order chi connectivity index (χ0) is 12.8. The lowest BCUT2D eigenvalue weighted by molar-refractivity contribution is -0.145. The quantitative estimate of drug-likeness (QED) is 0.795. The van der Waals surface area contributed by atoms with E-state index in [0.29, 0.717) is 13.1 Å². The molecule has 4 nitrogen and oxygen atoms in total. The van der Waals surface area contributed by atoms with Crippen LogP contribution in [0.15, 0.2) is 30.3 Å². The van der Waals surface area contributed by atoms with E-state index in [1.54, 1.807) is 0 Å². The Morgan fingerprint density at radius 2 is 1.88 bits per heavy atom. The van der Waals surface area contributed by atoms with Gasteiger partial charge in [-0.3, -0.25) is 4.79 Å². The van der Waals surface area contributed by atoms with Gasteiger partial charge >= 0.3 is 0 Å². The van der Waals surface area contributed by atoms with Crippen molar-refractivity contribution in [3.8, 4) is 0 Å². The zero-order valence-corrected chi connectivity index (χ0v) is 10.2. The summed E-state index contributed by atoms with van der Waals surface area (Å²) in [5.74, 6) is -0.439. The number of hydrogen-bond donors (Lipinski definition) is 2. The first-order chi connectivity index (χ1) is 8.06. The molecule has 2 atom stereocenters. The molecule has 0 aliphatic carbocycles. The molecule has 0 spiro atoms. The first kappa shape index (κ1) is 13.7. The van der Waals surface area contributed by atoms with Gasteiger partial charge in [-0.15, -0.1) is 0 Å². The van der Waals surface area contributed by atoms with Crippen molar-refractivity contribution in [2.24, 2.45) is 0 Å². The van der Waals surface area contributed by atoms with Gasteiger partial charge in [0.15, 0.2) is 6.10 Å². The lowest BCUT2D eigenvalue weighted by Crippen LogP contribution is -2.43. The smallest absolute Gasteiger partial charge is 0.254 e. The minimum atomic E-state index is -1.35. The molecule has 0 aliphatic heterocycles. The van der Waals surface area contributed by atoms with Crippen LogP contribution < -0.4 is 0 Å². The summed E-state index contributed by atoms with van der Waals surface area (Å²) in [6.07, 6.45) is -2.40. The van der Waals surface area contributed by atoms with Crippen LogP contribution in [0.3, 0.4) is 0 Å². The van der Waals surface area contributed by atoms with Crippen molar-refractivity contribution in [2.75, 3.05) is 6.54 Å². The highest BCUT2D eigenvalue weighted by Crippen LogP contribution is 2.07. The van der Waals surface area contributed by atoms with E-state index in [9.17, 15) is 15.0 Å². The van der Waals surface area contributed by atoms with Gasteiger partial charge in [-0.05, 0) is 19.4 Å². The molecule has 0 radical (unpaired) electrons. The summed E-state index contributed by atoms with van der Waals surface area (Å²) in [6, 6.07) is 9.55. The summed E-state index contributed by atoms with van der Waals surface area (Å²) in [6.45, 7) is 4.19. The lowest BCUT2D eigenvalue weighted by Gasteiger charge is -2.25. The fourth-order valence-electron chi connectivity index (χ4n) is 1.54. The van der Waals surface area contributed by atoms with Crippen LogP contribution in [0, 0.1) is 0 Å². The van der Waals surface area contributed by atoms with E-state index in [1.807, 2.05) is 37.3 Å². The van der Waals surface area contributed by atoms with Gasteiger partial charge in [-0.25, -0.2) is 0 Å². The van der Waals surface area contributed by atoms with Gasteiger partial charge in [0, 0.05) is 13.1 Å². The van der Waals surface area contributed by atoms with Crippen LogP contribution in [0.5, 0.6) is 0 Å². The van der Waals surface area contributed by atoms with Crippen molar-refractivity contribution in [1.29, 1.82) is 0 Å². The molecule has 1 amide bonds. The summed E-state index contributed by atoms with van der Waals surface area (Å²) in [5, 5.41) is 18.7. The molecule has 94 valence electrons. The van der Waals surface area contributed by atoms with Crippen LogP contribution in [0.2, 0.25) is 0 Å². The van der Waals surface area contributed by atoms with E-state index < -0.39 is 18.1 Å². The molecule has 1 rings (SSSR count). The Labute approximate surface area is 101 Å². The SMILES string of the molecule is CCN(Cc1ccccc1)C(=O)C(O)C(C)O. The van der Waals surface area contributed by atoms with E-state index in [2.05, 4.69) is 0 Å². The molecule has 0 fully saturated rings. The normalized spacial score (nSPS) is 14.1. The van der Waals surface area contributed by atoms with Crippen LogP contribution >= 0.6 is 0 Å². The topological polar surface area (TPSA) is 60.8 Å². The Morgan fingerprint density at radius 3 is 2.35 bits per heavy atom. The first-order valence-electron chi connectivity index (χ1n) is 5.75. The Bertz CT molecular complexity index is 351. The maximum Gasteiger partial charge on any atom is 0.254 e. The molecule has 0 heterocycles. The number of likely N-dealkylation sites (N-methyl/N-ethyl adjacent to an activating group) is 1. The summed E-state index contributed by atoms with van der Waals surface area (Å²) in [5.41, 5.74) is 1.00. The number of nitrogens with zero attached hydrogens (tertiary/aromatic N) is 1. The predicted molar refractivity (Wildman–Crippen MR) is 65.2 cm³/mol.